The van der Waals surface area contributed by atoms with Gasteiger partial charge in [0.15, 0.2) is 6.10 Å². The highest BCUT2D eigenvalue weighted by atomic mass is 16.6. The van der Waals surface area contributed by atoms with E-state index < -0.39 is 6.10 Å². The Morgan fingerprint density at radius 2 is 0.851 bits per heavy atom. The Morgan fingerprint density at radius 1 is 0.489 bits per heavy atom. The van der Waals surface area contributed by atoms with Crippen molar-refractivity contribution < 1.29 is 24.2 Å². The monoisotopic (exact) mass is 663 g/mol. The maximum absolute atomic E-state index is 12.2. The predicted molar refractivity (Wildman–Crippen MR) is 201 cm³/mol. The maximum Gasteiger partial charge on any atom is 0.306 e. The second-order valence-corrected chi connectivity index (χ2v) is 13.7. The first-order valence-corrected chi connectivity index (χ1v) is 20.4. The van der Waals surface area contributed by atoms with Crippen molar-refractivity contribution in [2.24, 2.45) is 0 Å². The number of rotatable bonds is 37. The van der Waals surface area contributed by atoms with E-state index in [4.69, 9.17) is 9.47 Å². The number of allylic oxidation sites excluding steroid dienone is 4. The van der Waals surface area contributed by atoms with E-state index in [1.54, 1.807) is 0 Å². The highest BCUT2D eigenvalue weighted by molar-refractivity contribution is 5.70. The second kappa shape index (κ2) is 38.8. The predicted octanol–water partition coefficient (Wildman–Crippen LogP) is 12.7. The number of carbonyl (C=O) groups is 2. The van der Waals surface area contributed by atoms with Gasteiger partial charge in [-0.05, 0) is 44.9 Å². The Bertz CT molecular complexity index is 716. The van der Waals surface area contributed by atoms with Crippen molar-refractivity contribution in [1.29, 1.82) is 0 Å². The number of aliphatic hydroxyl groups excluding tert-OH is 1. The lowest BCUT2D eigenvalue weighted by Gasteiger charge is -2.15. The molecule has 0 fully saturated rings. The summed E-state index contributed by atoms with van der Waals surface area (Å²) in [7, 11) is 0. The van der Waals surface area contributed by atoms with Crippen LogP contribution in [0.25, 0.3) is 0 Å². The summed E-state index contributed by atoms with van der Waals surface area (Å²) in [5, 5.41) is 9.56. The van der Waals surface area contributed by atoms with Crippen LogP contribution in [0.1, 0.15) is 213 Å². The summed E-state index contributed by atoms with van der Waals surface area (Å²) in [6.45, 7) is 4.12. The number of aliphatic hydroxyl groups is 1. The summed E-state index contributed by atoms with van der Waals surface area (Å²) in [6, 6.07) is 0. The zero-order chi connectivity index (χ0) is 34.3. The minimum Gasteiger partial charge on any atom is -0.462 e. The highest BCUT2D eigenvalue weighted by Gasteiger charge is 2.16. The van der Waals surface area contributed by atoms with Gasteiger partial charge in [0.25, 0.3) is 0 Å². The van der Waals surface area contributed by atoms with Gasteiger partial charge in [0, 0.05) is 12.8 Å². The van der Waals surface area contributed by atoms with Crippen LogP contribution < -0.4 is 0 Å². The number of esters is 2. The lowest BCUT2D eigenvalue weighted by Crippen LogP contribution is -2.28. The fraction of sp³-hybridized carbons (Fsp3) is 0.857. The van der Waals surface area contributed by atoms with Gasteiger partial charge in [-0.3, -0.25) is 9.59 Å². The van der Waals surface area contributed by atoms with Gasteiger partial charge >= 0.3 is 11.9 Å². The average Bonchev–Trinajstić information content (AvgIpc) is 3.07. The first kappa shape index (κ1) is 45.4. The Hall–Kier alpha value is -1.62. The van der Waals surface area contributed by atoms with Crippen LogP contribution in [0.2, 0.25) is 0 Å². The van der Waals surface area contributed by atoms with Crippen LogP contribution >= 0.6 is 0 Å². The molecule has 0 saturated heterocycles. The minimum atomic E-state index is -0.770. The molecule has 276 valence electrons. The van der Waals surface area contributed by atoms with Gasteiger partial charge in [-0.25, -0.2) is 0 Å². The largest absolute Gasteiger partial charge is 0.462 e. The second-order valence-electron chi connectivity index (χ2n) is 13.7. The summed E-state index contributed by atoms with van der Waals surface area (Å²) >= 11 is 0. The van der Waals surface area contributed by atoms with Crippen molar-refractivity contribution in [3.05, 3.63) is 24.3 Å². The molecule has 5 heteroatoms. The Balaban J connectivity index is 3.53. The molecule has 0 aliphatic rings. The van der Waals surface area contributed by atoms with Crippen LogP contribution in [0.3, 0.4) is 0 Å². The van der Waals surface area contributed by atoms with Crippen LogP contribution in [-0.4, -0.2) is 36.4 Å². The van der Waals surface area contributed by atoms with E-state index in [2.05, 4.69) is 38.2 Å². The minimum absolute atomic E-state index is 0.0646. The molecule has 0 radical (unpaired) electrons. The van der Waals surface area contributed by atoms with E-state index in [1.807, 2.05) is 0 Å². The van der Waals surface area contributed by atoms with Gasteiger partial charge in [0.2, 0.25) is 0 Å². The first-order chi connectivity index (χ1) is 23.1. The molecular weight excluding hydrogens is 584 g/mol. The molecule has 0 aromatic carbocycles. The molecule has 1 N–H and O–H groups in total. The Kier molecular flexibility index (Phi) is 37.5. The van der Waals surface area contributed by atoms with Crippen LogP contribution in [0.4, 0.5) is 0 Å². The van der Waals surface area contributed by atoms with E-state index in [0.29, 0.717) is 12.8 Å². The van der Waals surface area contributed by atoms with Crippen molar-refractivity contribution in [3.8, 4) is 0 Å². The molecule has 0 heterocycles. The Morgan fingerprint density at radius 3 is 1.30 bits per heavy atom. The standard InChI is InChI=1S/C42H78O5/c1-3-5-7-9-11-13-15-17-19-21-23-25-27-29-31-33-35-37-42(45)47-40(38-43)39-46-41(44)36-34-32-30-28-26-24-22-20-18-16-14-12-10-8-6-4-2/h11,13,17,19,40,43H,3-10,12,14-16,18,20-39H2,1-2H3/b13-11-,19-17-. The smallest absolute Gasteiger partial charge is 0.306 e. The molecule has 5 nitrogen and oxygen atoms in total. The number of hydrogen-bond donors (Lipinski definition) is 1. The molecule has 0 saturated carbocycles. The topological polar surface area (TPSA) is 72.8 Å². The van der Waals surface area contributed by atoms with Crippen LogP contribution in [0, 0.1) is 0 Å². The van der Waals surface area contributed by atoms with Crippen molar-refractivity contribution in [2.45, 2.75) is 219 Å². The molecule has 0 aliphatic carbocycles. The molecule has 0 spiro atoms. The highest BCUT2D eigenvalue weighted by Crippen LogP contribution is 2.15. The molecule has 0 amide bonds. The normalized spacial score (nSPS) is 12.3. The van der Waals surface area contributed by atoms with Crippen molar-refractivity contribution in [3.63, 3.8) is 0 Å². The third-order valence-electron chi connectivity index (χ3n) is 9.00. The van der Waals surface area contributed by atoms with E-state index >= 15 is 0 Å². The van der Waals surface area contributed by atoms with Crippen molar-refractivity contribution >= 4 is 11.9 Å². The average molecular weight is 663 g/mol. The summed E-state index contributed by atoms with van der Waals surface area (Å²) in [6.07, 6.45) is 45.2. The third-order valence-corrected chi connectivity index (χ3v) is 9.00. The van der Waals surface area contributed by atoms with Crippen LogP contribution in [0.15, 0.2) is 24.3 Å². The molecule has 0 aromatic rings. The fourth-order valence-electron chi connectivity index (χ4n) is 5.88. The van der Waals surface area contributed by atoms with Gasteiger partial charge < -0.3 is 14.6 Å². The summed E-state index contributed by atoms with van der Waals surface area (Å²) < 4.78 is 10.6. The number of hydrogen-bond acceptors (Lipinski definition) is 5. The number of unbranched alkanes of at least 4 members (excludes halogenated alkanes) is 25. The van der Waals surface area contributed by atoms with E-state index in [1.165, 1.54) is 135 Å². The Labute approximate surface area is 292 Å². The van der Waals surface area contributed by atoms with Gasteiger partial charge in [0.05, 0.1) is 6.61 Å². The molecule has 0 bridgehead atoms. The first-order valence-electron chi connectivity index (χ1n) is 20.4. The van der Waals surface area contributed by atoms with Gasteiger partial charge in [-0.2, -0.15) is 0 Å². The lowest BCUT2D eigenvalue weighted by molar-refractivity contribution is -0.161. The van der Waals surface area contributed by atoms with Crippen LogP contribution in [-0.2, 0) is 19.1 Å². The maximum atomic E-state index is 12.2. The number of carbonyl (C=O) groups excluding carboxylic acids is 2. The quantitative estimate of drug-likeness (QED) is 0.0407. The van der Waals surface area contributed by atoms with Gasteiger partial charge in [-0.1, -0.05) is 179 Å². The van der Waals surface area contributed by atoms with Gasteiger partial charge in [0.1, 0.15) is 6.61 Å². The zero-order valence-electron chi connectivity index (χ0n) is 31.3. The van der Waals surface area contributed by atoms with E-state index in [0.717, 1.165) is 51.4 Å². The lowest BCUT2D eigenvalue weighted by atomic mass is 10.0. The van der Waals surface area contributed by atoms with Crippen molar-refractivity contribution in [1.82, 2.24) is 0 Å². The molecule has 47 heavy (non-hydrogen) atoms. The molecule has 1 unspecified atom stereocenters. The zero-order valence-corrected chi connectivity index (χ0v) is 31.3. The summed E-state index contributed by atoms with van der Waals surface area (Å²) in [4.78, 5) is 24.3. The SMILES string of the molecule is CCCCC/C=C\C/C=C\CCCCCCCCCC(=O)OC(CO)COC(=O)CCCCCCCCCCCCCCCCCC. The van der Waals surface area contributed by atoms with E-state index in [9.17, 15) is 14.7 Å². The fourth-order valence-corrected chi connectivity index (χ4v) is 5.88. The summed E-state index contributed by atoms with van der Waals surface area (Å²) in [5.41, 5.74) is 0. The molecule has 1 atom stereocenters. The van der Waals surface area contributed by atoms with Gasteiger partial charge in [-0.15, -0.1) is 0 Å². The third kappa shape index (κ3) is 37.1. The molecular formula is C42H78O5. The molecule has 0 aromatic heterocycles. The summed E-state index contributed by atoms with van der Waals surface area (Å²) in [5.74, 6) is -0.591. The van der Waals surface area contributed by atoms with Crippen molar-refractivity contribution in [2.75, 3.05) is 13.2 Å². The molecule has 0 rings (SSSR count). The molecule has 0 aliphatic heterocycles. The number of ether oxygens (including phenoxy) is 2. The van der Waals surface area contributed by atoms with E-state index in [-0.39, 0.29) is 25.2 Å². The van der Waals surface area contributed by atoms with Crippen LogP contribution in [0.5, 0.6) is 0 Å².